The van der Waals surface area contributed by atoms with Crippen molar-refractivity contribution in [3.8, 4) is 0 Å². The number of Topliss-reactive ketones (excluding diaryl/α,β-unsaturated/α-hetero) is 1. The number of amides is 1. The lowest BCUT2D eigenvalue weighted by Crippen LogP contribution is -2.67. The van der Waals surface area contributed by atoms with Crippen molar-refractivity contribution >= 4 is 23.2 Å². The van der Waals surface area contributed by atoms with Gasteiger partial charge in [-0.25, -0.2) is 4.79 Å². The summed E-state index contributed by atoms with van der Waals surface area (Å²) in [5.74, 6) is 0.451. The van der Waals surface area contributed by atoms with E-state index in [0.717, 1.165) is 37.7 Å². The Bertz CT molecular complexity index is 1480. The second-order valence-electron chi connectivity index (χ2n) is 14.6. The number of fused-ring (bicyclic) bond motifs is 1. The molecule has 2 spiro atoms. The van der Waals surface area contributed by atoms with Gasteiger partial charge in [0.1, 0.15) is 0 Å². The second kappa shape index (κ2) is 10.4. The van der Waals surface area contributed by atoms with Crippen LogP contribution in [0.2, 0.25) is 0 Å². The van der Waals surface area contributed by atoms with Gasteiger partial charge in [0.05, 0.1) is 31.1 Å². The normalized spacial score (nSPS) is 40.1. The molecule has 8 heteroatoms. The minimum absolute atomic E-state index is 0.00322. The highest BCUT2D eigenvalue weighted by molar-refractivity contribution is 7.09. The number of rotatable bonds is 8. The molecule has 6 aliphatic carbocycles. The Balaban J connectivity index is 1.28. The van der Waals surface area contributed by atoms with Crippen molar-refractivity contribution < 1.29 is 29.0 Å². The Labute approximate surface area is 264 Å². The standard InChI is InChI=1S/C36H45NO6S/c1-4-42-31(40)37(18-12-25-7-6-20-44-25)23-35(41)15-11-29-33(35,3)14-10-28-32(2)13-9-24(38)21-34(32)16-17-36(28,29)26(22-34)30(39)27-8-5-19-43-27/h5-8,16-17,19-20,22,24,28-29,38,41H,4,9-15,18,21,23H2,1-3H3/t24?,28-,29-,32-,33+,34+,35-,36-/m1/s1. The predicted octanol–water partition coefficient (Wildman–Crippen LogP) is 6.82. The van der Waals surface area contributed by atoms with Crippen LogP contribution in [0.3, 0.4) is 0 Å². The first-order chi connectivity index (χ1) is 21.0. The van der Waals surface area contributed by atoms with E-state index in [4.69, 9.17) is 9.15 Å². The molecule has 3 fully saturated rings. The second-order valence-corrected chi connectivity index (χ2v) is 15.6. The summed E-state index contributed by atoms with van der Waals surface area (Å²) < 4.78 is 11.2. The van der Waals surface area contributed by atoms with Crippen molar-refractivity contribution in [3.05, 3.63) is 70.3 Å². The van der Waals surface area contributed by atoms with Gasteiger partial charge in [-0.15, -0.1) is 11.3 Å². The van der Waals surface area contributed by atoms with Crippen LogP contribution in [0, 0.1) is 33.5 Å². The summed E-state index contributed by atoms with van der Waals surface area (Å²) in [6.45, 7) is 7.34. The average Bonchev–Trinajstić information content (AvgIpc) is 3.77. The van der Waals surface area contributed by atoms with Crippen molar-refractivity contribution in [3.63, 3.8) is 0 Å². The molecular formula is C36H45NO6S. The third-order valence-electron chi connectivity index (χ3n) is 12.9. The summed E-state index contributed by atoms with van der Waals surface area (Å²) in [5.41, 5.74) is -1.96. The lowest BCUT2D eigenvalue weighted by molar-refractivity contribution is -0.175. The maximum absolute atomic E-state index is 14.4. The number of allylic oxidation sites excluding steroid dienone is 4. The molecule has 2 aromatic rings. The van der Waals surface area contributed by atoms with Gasteiger partial charge in [0.25, 0.3) is 0 Å². The lowest BCUT2D eigenvalue weighted by atomic mass is 9.32. The Hall–Kier alpha value is -2.68. The fourth-order valence-electron chi connectivity index (χ4n) is 10.6. The zero-order valence-corrected chi connectivity index (χ0v) is 26.9. The van der Waals surface area contributed by atoms with E-state index in [1.54, 1.807) is 34.6 Å². The van der Waals surface area contributed by atoms with E-state index < -0.39 is 28.6 Å². The molecule has 1 amide bonds. The third-order valence-corrected chi connectivity index (χ3v) is 13.8. The molecule has 0 aromatic carbocycles. The summed E-state index contributed by atoms with van der Waals surface area (Å²) in [4.78, 5) is 30.5. The number of ketones is 1. The zero-order valence-electron chi connectivity index (χ0n) is 26.1. The maximum Gasteiger partial charge on any atom is 0.409 e. The van der Waals surface area contributed by atoms with Crippen molar-refractivity contribution in [2.24, 2.45) is 33.5 Å². The van der Waals surface area contributed by atoms with Crippen LogP contribution in [-0.4, -0.2) is 58.4 Å². The molecule has 44 heavy (non-hydrogen) atoms. The van der Waals surface area contributed by atoms with Gasteiger partial charge in [-0.05, 0) is 99.1 Å². The first kappa shape index (κ1) is 30.0. The van der Waals surface area contributed by atoms with Gasteiger partial charge in [-0.3, -0.25) is 4.79 Å². The van der Waals surface area contributed by atoms with Gasteiger partial charge < -0.3 is 24.3 Å². The zero-order chi connectivity index (χ0) is 31.0. The van der Waals surface area contributed by atoms with Crippen LogP contribution in [0.4, 0.5) is 4.79 Å². The largest absolute Gasteiger partial charge is 0.461 e. The number of aliphatic hydroxyl groups is 2. The van der Waals surface area contributed by atoms with Crippen LogP contribution in [-0.2, 0) is 11.2 Å². The van der Waals surface area contributed by atoms with Crippen LogP contribution in [0.25, 0.3) is 0 Å². The first-order valence-electron chi connectivity index (χ1n) is 16.4. The van der Waals surface area contributed by atoms with E-state index in [9.17, 15) is 19.8 Å². The number of carbonyl (C=O) groups excluding carboxylic acids is 2. The monoisotopic (exact) mass is 619 g/mol. The van der Waals surface area contributed by atoms with Crippen LogP contribution in [0.15, 0.2) is 64.1 Å². The molecule has 0 aliphatic heterocycles. The van der Waals surface area contributed by atoms with E-state index in [1.165, 1.54) is 4.88 Å². The predicted molar refractivity (Wildman–Crippen MR) is 168 cm³/mol. The summed E-state index contributed by atoms with van der Waals surface area (Å²) in [6, 6.07) is 7.59. The Morgan fingerprint density at radius 3 is 2.57 bits per heavy atom. The number of aliphatic hydroxyl groups excluding tert-OH is 1. The van der Waals surface area contributed by atoms with Crippen LogP contribution in [0.5, 0.6) is 0 Å². The van der Waals surface area contributed by atoms with E-state index >= 15 is 0 Å². The average molecular weight is 620 g/mol. The van der Waals surface area contributed by atoms with Crippen LogP contribution < -0.4 is 0 Å². The van der Waals surface area contributed by atoms with E-state index in [0.29, 0.717) is 31.6 Å². The Kier molecular flexibility index (Phi) is 7.11. The highest BCUT2D eigenvalue weighted by Crippen LogP contribution is 2.78. The molecule has 2 heterocycles. The van der Waals surface area contributed by atoms with Gasteiger partial charge >= 0.3 is 6.09 Å². The number of hydrogen-bond acceptors (Lipinski definition) is 7. The smallest absolute Gasteiger partial charge is 0.409 e. The number of nitrogens with zero attached hydrogens (tertiary/aromatic N) is 1. The Morgan fingerprint density at radius 1 is 1.07 bits per heavy atom. The van der Waals surface area contributed by atoms with E-state index in [-0.39, 0.29) is 41.6 Å². The van der Waals surface area contributed by atoms with Crippen LogP contribution in [0.1, 0.15) is 81.1 Å². The van der Waals surface area contributed by atoms with Crippen LogP contribution >= 0.6 is 11.3 Å². The molecule has 2 N–H and O–H groups in total. The van der Waals surface area contributed by atoms with Gasteiger partial charge in [0.15, 0.2) is 5.76 Å². The quantitative estimate of drug-likeness (QED) is 0.249. The van der Waals surface area contributed by atoms with Gasteiger partial charge in [-0.2, -0.15) is 0 Å². The summed E-state index contributed by atoms with van der Waals surface area (Å²) in [7, 11) is 0. The van der Waals surface area contributed by atoms with Crippen molar-refractivity contribution in [1.29, 1.82) is 0 Å². The molecule has 8 rings (SSSR count). The summed E-state index contributed by atoms with van der Waals surface area (Å²) in [6.07, 6.45) is 13.5. The fraction of sp³-hybridized carbons (Fsp3) is 0.611. The molecule has 236 valence electrons. The SMILES string of the molecule is CCOC(=O)N(CCc1cccs1)C[C@]1(O)CC[C@H]2[C@]34C=C[C@@]5(C=C3C(=O)c3ccco3)CC(O)CC[C@]5(C)[C@H]4CC[C@@]21C. The van der Waals surface area contributed by atoms with Crippen molar-refractivity contribution in [1.82, 2.24) is 4.90 Å². The first-order valence-corrected chi connectivity index (χ1v) is 17.3. The Morgan fingerprint density at radius 2 is 1.84 bits per heavy atom. The van der Waals surface area contributed by atoms with Gasteiger partial charge in [0.2, 0.25) is 5.78 Å². The number of furan rings is 1. The highest BCUT2D eigenvalue weighted by atomic mass is 32.1. The molecule has 8 atom stereocenters. The minimum Gasteiger partial charge on any atom is -0.461 e. The lowest BCUT2D eigenvalue weighted by Gasteiger charge is -2.71. The molecule has 0 saturated heterocycles. The molecule has 6 aliphatic rings. The number of ether oxygens (including phenoxy) is 1. The molecular weight excluding hydrogens is 574 g/mol. The van der Waals surface area contributed by atoms with Crippen molar-refractivity contribution in [2.75, 3.05) is 19.7 Å². The molecule has 0 radical (unpaired) electrons. The molecule has 3 saturated carbocycles. The van der Waals surface area contributed by atoms with Gasteiger partial charge in [0, 0.05) is 33.2 Å². The fourth-order valence-corrected chi connectivity index (χ4v) is 11.3. The molecule has 1 unspecified atom stereocenters. The molecule has 2 bridgehead atoms. The maximum atomic E-state index is 14.4. The van der Waals surface area contributed by atoms with Gasteiger partial charge in [-0.1, -0.05) is 38.1 Å². The number of carbonyl (C=O) groups is 2. The van der Waals surface area contributed by atoms with E-state index in [1.807, 2.05) is 18.4 Å². The topological polar surface area (TPSA) is 100 Å². The number of thiophene rings is 1. The number of hydrogen-bond donors (Lipinski definition) is 2. The minimum atomic E-state index is -1.14. The molecule has 2 aromatic heterocycles. The van der Waals surface area contributed by atoms with E-state index in [2.05, 4.69) is 38.1 Å². The highest BCUT2D eigenvalue weighted by Gasteiger charge is 2.74. The third kappa shape index (κ3) is 4.06. The molecule has 7 nitrogen and oxygen atoms in total. The summed E-state index contributed by atoms with van der Waals surface area (Å²) >= 11 is 1.67. The van der Waals surface area contributed by atoms with Crippen molar-refractivity contribution in [2.45, 2.75) is 83.8 Å². The summed E-state index contributed by atoms with van der Waals surface area (Å²) in [5, 5.41) is 25.6.